The van der Waals surface area contributed by atoms with Gasteiger partial charge in [-0.3, -0.25) is 9.59 Å². The molecule has 0 unspecified atom stereocenters. The molecule has 1 saturated heterocycles. The van der Waals surface area contributed by atoms with Crippen LogP contribution in [-0.2, 0) is 6.54 Å². The highest BCUT2D eigenvalue weighted by Crippen LogP contribution is 2.22. The van der Waals surface area contributed by atoms with E-state index < -0.39 is 0 Å². The van der Waals surface area contributed by atoms with Crippen LogP contribution in [0.5, 0.6) is 0 Å². The first kappa shape index (κ1) is 19.8. The molecule has 0 aromatic carbocycles. The number of amides is 2. The van der Waals surface area contributed by atoms with Crippen LogP contribution in [0.2, 0.25) is 0 Å². The Kier molecular flexibility index (Phi) is 6.14. The number of piperidine rings is 1. The van der Waals surface area contributed by atoms with E-state index in [4.69, 9.17) is 0 Å². The molecule has 0 radical (unpaired) electrons. The summed E-state index contributed by atoms with van der Waals surface area (Å²) in [6.07, 6.45) is 3.88. The van der Waals surface area contributed by atoms with Gasteiger partial charge in [0, 0.05) is 12.6 Å². The third kappa shape index (κ3) is 4.15. The lowest BCUT2D eigenvalue weighted by molar-refractivity contribution is 0.0576. The van der Waals surface area contributed by atoms with Crippen LogP contribution in [-0.4, -0.2) is 75.4 Å². The molecule has 0 aliphatic carbocycles. The Morgan fingerprint density at radius 2 is 2.04 bits per heavy atom. The SMILES string of the molecule is CCCCN(C(=O)c1nnn2c1C(=O)N[C@@H](C(C)C)C2)C1CCN(C)CC1. The Morgan fingerprint density at radius 1 is 1.33 bits per heavy atom. The Morgan fingerprint density at radius 3 is 2.67 bits per heavy atom. The molecule has 1 N–H and O–H groups in total. The zero-order valence-corrected chi connectivity index (χ0v) is 16.9. The normalized spacial score (nSPS) is 21.2. The van der Waals surface area contributed by atoms with Gasteiger partial charge in [-0.25, -0.2) is 4.68 Å². The Balaban J connectivity index is 1.83. The second-order valence-electron chi connectivity index (χ2n) is 8.18. The van der Waals surface area contributed by atoms with Gasteiger partial charge in [-0.2, -0.15) is 0 Å². The lowest BCUT2D eigenvalue weighted by atomic mass is 10.0. The Hall–Kier alpha value is -1.96. The average Bonchev–Trinajstić information content (AvgIpc) is 3.07. The summed E-state index contributed by atoms with van der Waals surface area (Å²) >= 11 is 0. The zero-order valence-electron chi connectivity index (χ0n) is 16.9. The molecule has 27 heavy (non-hydrogen) atoms. The molecular formula is C19H32N6O2. The summed E-state index contributed by atoms with van der Waals surface area (Å²) in [5, 5.41) is 11.3. The summed E-state index contributed by atoms with van der Waals surface area (Å²) in [5.74, 6) is -0.102. The zero-order chi connectivity index (χ0) is 19.6. The molecule has 2 aliphatic heterocycles. The molecule has 1 atom stereocenters. The van der Waals surface area contributed by atoms with Gasteiger partial charge in [0.15, 0.2) is 11.4 Å². The highest BCUT2D eigenvalue weighted by Gasteiger charge is 2.36. The predicted octanol–water partition coefficient (Wildman–Crippen LogP) is 1.38. The molecule has 0 saturated carbocycles. The second-order valence-corrected chi connectivity index (χ2v) is 8.18. The minimum atomic E-state index is -0.243. The Bertz CT molecular complexity index is 678. The van der Waals surface area contributed by atoms with Crippen LogP contribution >= 0.6 is 0 Å². The minimum absolute atomic E-state index is 0.0136. The largest absolute Gasteiger partial charge is 0.346 e. The third-order valence-corrected chi connectivity index (χ3v) is 5.79. The molecule has 1 aromatic heterocycles. The van der Waals surface area contributed by atoms with E-state index in [-0.39, 0.29) is 29.6 Å². The van der Waals surface area contributed by atoms with Crippen molar-refractivity contribution in [2.24, 2.45) is 5.92 Å². The predicted molar refractivity (Wildman–Crippen MR) is 103 cm³/mol. The number of nitrogens with zero attached hydrogens (tertiary/aromatic N) is 5. The van der Waals surface area contributed by atoms with Crippen LogP contribution in [0, 0.1) is 5.92 Å². The van der Waals surface area contributed by atoms with Crippen molar-refractivity contribution in [1.29, 1.82) is 0 Å². The molecule has 150 valence electrons. The fraction of sp³-hybridized carbons (Fsp3) is 0.789. The van der Waals surface area contributed by atoms with Crippen molar-refractivity contribution < 1.29 is 9.59 Å². The maximum atomic E-state index is 13.3. The van der Waals surface area contributed by atoms with E-state index in [2.05, 4.69) is 48.3 Å². The fourth-order valence-corrected chi connectivity index (χ4v) is 3.88. The highest BCUT2D eigenvalue weighted by molar-refractivity contribution is 6.05. The first-order chi connectivity index (χ1) is 12.9. The molecule has 1 fully saturated rings. The summed E-state index contributed by atoms with van der Waals surface area (Å²) in [4.78, 5) is 30.2. The number of aromatic nitrogens is 3. The van der Waals surface area contributed by atoms with Gasteiger partial charge in [-0.1, -0.05) is 32.4 Å². The third-order valence-electron chi connectivity index (χ3n) is 5.79. The number of hydrogen-bond donors (Lipinski definition) is 1. The van der Waals surface area contributed by atoms with E-state index in [9.17, 15) is 9.59 Å². The summed E-state index contributed by atoms with van der Waals surface area (Å²) < 4.78 is 1.60. The number of likely N-dealkylation sites (tertiary alicyclic amines) is 1. The maximum absolute atomic E-state index is 13.3. The van der Waals surface area contributed by atoms with Crippen molar-refractivity contribution in [3.05, 3.63) is 11.4 Å². The molecule has 8 heteroatoms. The smallest absolute Gasteiger partial charge is 0.277 e. The number of fused-ring (bicyclic) bond motifs is 1. The monoisotopic (exact) mass is 376 g/mol. The number of nitrogens with one attached hydrogen (secondary N) is 1. The molecule has 0 spiro atoms. The second kappa shape index (κ2) is 8.37. The van der Waals surface area contributed by atoms with Crippen LogP contribution in [0.4, 0.5) is 0 Å². The van der Waals surface area contributed by atoms with E-state index >= 15 is 0 Å². The summed E-state index contributed by atoms with van der Waals surface area (Å²) in [6, 6.07) is 0.215. The Labute approximate surface area is 161 Å². The topological polar surface area (TPSA) is 83.4 Å². The quantitative estimate of drug-likeness (QED) is 0.811. The first-order valence-electron chi connectivity index (χ1n) is 10.2. The van der Waals surface area contributed by atoms with Crippen LogP contribution in [0.1, 0.15) is 67.4 Å². The van der Waals surface area contributed by atoms with E-state index in [1.54, 1.807) is 4.68 Å². The van der Waals surface area contributed by atoms with Crippen molar-refractivity contribution in [3.63, 3.8) is 0 Å². The highest BCUT2D eigenvalue weighted by atomic mass is 16.2. The van der Waals surface area contributed by atoms with Crippen LogP contribution in [0.15, 0.2) is 0 Å². The number of carbonyl (C=O) groups is 2. The molecule has 3 rings (SSSR count). The van der Waals surface area contributed by atoms with E-state index in [0.717, 1.165) is 38.8 Å². The molecule has 1 aromatic rings. The van der Waals surface area contributed by atoms with Crippen molar-refractivity contribution in [1.82, 2.24) is 30.1 Å². The fourth-order valence-electron chi connectivity index (χ4n) is 3.88. The van der Waals surface area contributed by atoms with Crippen molar-refractivity contribution in [2.75, 3.05) is 26.7 Å². The number of rotatable bonds is 6. The van der Waals surface area contributed by atoms with Gasteiger partial charge in [-0.15, -0.1) is 5.10 Å². The molecule has 0 bridgehead atoms. The summed E-state index contributed by atoms with van der Waals surface area (Å²) in [7, 11) is 2.11. The van der Waals surface area contributed by atoms with Gasteiger partial charge in [0.25, 0.3) is 11.8 Å². The van der Waals surface area contributed by atoms with Gasteiger partial charge < -0.3 is 15.1 Å². The molecule has 2 aliphatic rings. The lowest BCUT2D eigenvalue weighted by Gasteiger charge is -2.37. The van der Waals surface area contributed by atoms with Crippen LogP contribution in [0.3, 0.4) is 0 Å². The molecule has 8 nitrogen and oxygen atoms in total. The van der Waals surface area contributed by atoms with Gasteiger partial charge in [-0.05, 0) is 45.3 Å². The average molecular weight is 377 g/mol. The first-order valence-corrected chi connectivity index (χ1v) is 10.2. The van der Waals surface area contributed by atoms with Crippen LogP contribution in [0.25, 0.3) is 0 Å². The standard InChI is InChI=1S/C19H32N6O2/c1-5-6-9-24(14-7-10-23(4)11-8-14)19(27)16-17-18(26)20-15(13(2)3)12-25(17)22-21-16/h13-15H,5-12H2,1-4H3,(H,20,26)/t15-/m1/s1. The summed E-state index contributed by atoms with van der Waals surface area (Å²) in [5.41, 5.74) is 0.510. The maximum Gasteiger partial charge on any atom is 0.277 e. The van der Waals surface area contributed by atoms with Crippen molar-refractivity contribution in [3.8, 4) is 0 Å². The van der Waals surface area contributed by atoms with Gasteiger partial charge in [0.1, 0.15) is 0 Å². The van der Waals surface area contributed by atoms with Crippen LogP contribution < -0.4 is 5.32 Å². The van der Waals surface area contributed by atoms with Gasteiger partial charge in [0.05, 0.1) is 12.6 Å². The molecular weight excluding hydrogens is 344 g/mol. The van der Waals surface area contributed by atoms with E-state index in [0.29, 0.717) is 24.7 Å². The summed E-state index contributed by atoms with van der Waals surface area (Å²) in [6.45, 7) is 9.47. The molecule has 3 heterocycles. The van der Waals surface area contributed by atoms with Crippen molar-refractivity contribution >= 4 is 11.8 Å². The number of unbranched alkanes of at least 4 members (excludes halogenated alkanes) is 1. The van der Waals surface area contributed by atoms with Gasteiger partial charge in [0.2, 0.25) is 0 Å². The van der Waals surface area contributed by atoms with E-state index in [1.807, 2.05) is 4.90 Å². The number of carbonyl (C=O) groups excluding carboxylic acids is 2. The number of hydrogen-bond acceptors (Lipinski definition) is 5. The van der Waals surface area contributed by atoms with Gasteiger partial charge >= 0.3 is 0 Å². The lowest BCUT2D eigenvalue weighted by Crippen LogP contribution is -2.49. The van der Waals surface area contributed by atoms with E-state index in [1.165, 1.54) is 0 Å². The van der Waals surface area contributed by atoms with Crippen molar-refractivity contribution in [2.45, 2.75) is 65.1 Å². The minimum Gasteiger partial charge on any atom is -0.346 e. The molecule has 2 amide bonds.